The zero-order chi connectivity index (χ0) is 17.1. The number of benzene rings is 1. The number of likely N-dealkylation sites (tertiary alicyclic amines) is 1. The summed E-state index contributed by atoms with van der Waals surface area (Å²) < 4.78 is 0. The van der Waals surface area contributed by atoms with Gasteiger partial charge in [0.05, 0.1) is 21.7 Å². The first-order valence-electron chi connectivity index (χ1n) is 7.46. The van der Waals surface area contributed by atoms with Crippen LogP contribution in [0.5, 0.6) is 0 Å². The molecule has 3 rings (SSSR count). The van der Waals surface area contributed by atoms with Gasteiger partial charge in [0.2, 0.25) is 11.8 Å². The Labute approximate surface area is 149 Å². The first kappa shape index (κ1) is 16.7. The molecular weight excluding hydrogens is 349 g/mol. The highest BCUT2D eigenvalue weighted by atomic mass is 35.5. The van der Waals surface area contributed by atoms with Gasteiger partial charge in [0, 0.05) is 31.9 Å². The van der Waals surface area contributed by atoms with E-state index in [1.165, 1.54) is 0 Å². The number of halogens is 2. The quantitative estimate of drug-likeness (QED) is 0.905. The van der Waals surface area contributed by atoms with E-state index < -0.39 is 5.92 Å². The normalized spacial score (nSPS) is 17.2. The lowest BCUT2D eigenvalue weighted by molar-refractivity contribution is -0.128. The number of nitrogens with one attached hydrogen (secondary N) is 1. The number of rotatable bonds is 4. The van der Waals surface area contributed by atoms with Crippen molar-refractivity contribution in [1.29, 1.82) is 0 Å². The van der Waals surface area contributed by atoms with Crippen LogP contribution in [0.25, 0.3) is 0 Å². The van der Waals surface area contributed by atoms with Gasteiger partial charge in [-0.25, -0.2) is 0 Å². The fourth-order valence-corrected chi connectivity index (χ4v) is 2.99. The fraction of sp³-hybridized carbons (Fsp3) is 0.235. The number of aromatic nitrogens is 1. The molecule has 2 aromatic rings. The lowest BCUT2D eigenvalue weighted by Crippen LogP contribution is -2.28. The zero-order valence-corrected chi connectivity index (χ0v) is 14.2. The molecular formula is C17H15Cl2N3O2. The maximum Gasteiger partial charge on any atom is 0.229 e. The van der Waals surface area contributed by atoms with Gasteiger partial charge >= 0.3 is 0 Å². The molecule has 0 aliphatic carbocycles. The van der Waals surface area contributed by atoms with Crippen LogP contribution in [0.1, 0.15) is 12.0 Å². The minimum atomic E-state index is -0.408. The zero-order valence-electron chi connectivity index (χ0n) is 12.7. The molecule has 5 nitrogen and oxygen atoms in total. The van der Waals surface area contributed by atoms with Crippen molar-refractivity contribution < 1.29 is 9.59 Å². The maximum absolute atomic E-state index is 12.4. The average molecular weight is 364 g/mol. The highest BCUT2D eigenvalue weighted by molar-refractivity contribution is 6.44. The Bertz CT molecular complexity index is 768. The Morgan fingerprint density at radius 2 is 2.00 bits per heavy atom. The second kappa shape index (κ2) is 7.20. The van der Waals surface area contributed by atoms with E-state index in [1.807, 2.05) is 12.1 Å². The van der Waals surface area contributed by atoms with Crippen molar-refractivity contribution in [3.8, 4) is 0 Å². The van der Waals surface area contributed by atoms with Gasteiger partial charge < -0.3 is 10.2 Å². The number of amides is 2. The van der Waals surface area contributed by atoms with E-state index in [4.69, 9.17) is 23.2 Å². The molecule has 1 fully saturated rings. The molecule has 24 heavy (non-hydrogen) atoms. The first-order chi connectivity index (χ1) is 11.5. The van der Waals surface area contributed by atoms with E-state index in [9.17, 15) is 9.59 Å². The Morgan fingerprint density at radius 1 is 1.25 bits per heavy atom. The molecule has 0 saturated carbocycles. The summed E-state index contributed by atoms with van der Waals surface area (Å²) in [6, 6.07) is 8.74. The summed E-state index contributed by atoms with van der Waals surface area (Å²) in [6.45, 7) is 0.855. The molecule has 0 spiro atoms. The lowest BCUT2D eigenvalue weighted by atomic mass is 10.1. The standard InChI is InChI=1S/C17H15Cl2N3O2/c18-13-2-1-3-14(16(13)19)21-17(24)12-8-15(23)22(10-12)9-11-4-6-20-7-5-11/h1-7,12H,8-10H2,(H,21,24). The van der Waals surface area contributed by atoms with E-state index in [0.717, 1.165) is 5.56 Å². The molecule has 1 aliphatic heterocycles. The molecule has 1 saturated heterocycles. The highest BCUT2D eigenvalue weighted by Crippen LogP contribution is 2.30. The second-order valence-corrected chi connectivity index (χ2v) is 6.41. The molecule has 1 aromatic carbocycles. The molecule has 0 bridgehead atoms. The van der Waals surface area contributed by atoms with E-state index >= 15 is 0 Å². The summed E-state index contributed by atoms with van der Waals surface area (Å²) in [5, 5.41) is 3.42. The van der Waals surface area contributed by atoms with Crippen molar-refractivity contribution in [2.45, 2.75) is 13.0 Å². The van der Waals surface area contributed by atoms with E-state index in [1.54, 1.807) is 35.5 Å². The molecule has 124 valence electrons. The van der Waals surface area contributed by atoms with Gasteiger partial charge in [0.25, 0.3) is 0 Å². The van der Waals surface area contributed by atoms with Gasteiger partial charge in [-0.15, -0.1) is 0 Å². The number of anilines is 1. The summed E-state index contributed by atoms with van der Waals surface area (Å²) >= 11 is 12.0. The van der Waals surface area contributed by atoms with Crippen LogP contribution in [0.2, 0.25) is 10.0 Å². The monoisotopic (exact) mass is 363 g/mol. The van der Waals surface area contributed by atoms with Gasteiger partial charge in [0.1, 0.15) is 0 Å². The third kappa shape index (κ3) is 3.68. The number of pyridine rings is 1. The van der Waals surface area contributed by atoms with Crippen LogP contribution in [0.15, 0.2) is 42.7 Å². The maximum atomic E-state index is 12.4. The number of hydrogen-bond acceptors (Lipinski definition) is 3. The van der Waals surface area contributed by atoms with Crippen LogP contribution in [-0.4, -0.2) is 28.2 Å². The minimum Gasteiger partial charge on any atom is -0.338 e. The third-order valence-corrected chi connectivity index (χ3v) is 4.74. The van der Waals surface area contributed by atoms with Gasteiger partial charge in [-0.1, -0.05) is 29.3 Å². The van der Waals surface area contributed by atoms with Crippen molar-refractivity contribution >= 4 is 40.7 Å². The summed E-state index contributed by atoms with van der Waals surface area (Å²) in [5.41, 5.74) is 1.44. The minimum absolute atomic E-state index is 0.0378. The highest BCUT2D eigenvalue weighted by Gasteiger charge is 2.34. The van der Waals surface area contributed by atoms with Gasteiger partial charge in [-0.05, 0) is 29.8 Å². The number of hydrogen-bond donors (Lipinski definition) is 1. The number of nitrogens with zero attached hydrogens (tertiary/aromatic N) is 2. The predicted molar refractivity (Wildman–Crippen MR) is 92.9 cm³/mol. The van der Waals surface area contributed by atoms with Gasteiger partial charge in [-0.2, -0.15) is 0 Å². The first-order valence-corrected chi connectivity index (χ1v) is 8.21. The van der Waals surface area contributed by atoms with Crippen LogP contribution in [0.4, 0.5) is 5.69 Å². The molecule has 7 heteroatoms. The van der Waals surface area contributed by atoms with Crippen molar-refractivity contribution in [3.63, 3.8) is 0 Å². The average Bonchev–Trinajstić information content (AvgIpc) is 2.94. The summed E-state index contributed by atoms with van der Waals surface area (Å²) in [4.78, 5) is 30.2. The SMILES string of the molecule is O=C(Nc1cccc(Cl)c1Cl)C1CC(=O)N(Cc2ccncc2)C1. The summed E-state index contributed by atoms with van der Waals surface area (Å²) in [5.74, 6) is -0.678. The summed E-state index contributed by atoms with van der Waals surface area (Å²) in [7, 11) is 0. The largest absolute Gasteiger partial charge is 0.338 e. The summed E-state index contributed by atoms with van der Waals surface area (Å²) in [6.07, 6.45) is 3.55. The van der Waals surface area contributed by atoms with E-state index in [0.29, 0.717) is 28.8 Å². The van der Waals surface area contributed by atoms with Crippen molar-refractivity contribution in [3.05, 3.63) is 58.3 Å². The molecule has 1 unspecified atom stereocenters. The molecule has 1 aliphatic rings. The third-order valence-electron chi connectivity index (χ3n) is 3.92. The molecule has 2 heterocycles. The molecule has 0 radical (unpaired) electrons. The van der Waals surface area contributed by atoms with Crippen LogP contribution < -0.4 is 5.32 Å². The van der Waals surface area contributed by atoms with E-state index in [-0.39, 0.29) is 18.2 Å². The molecule has 1 aromatic heterocycles. The van der Waals surface area contributed by atoms with Crippen molar-refractivity contribution in [2.24, 2.45) is 5.92 Å². The van der Waals surface area contributed by atoms with Gasteiger partial charge in [-0.3, -0.25) is 14.6 Å². The number of carbonyl (C=O) groups excluding carboxylic acids is 2. The molecule has 1 N–H and O–H groups in total. The Balaban J connectivity index is 1.64. The fourth-order valence-electron chi connectivity index (χ4n) is 2.64. The van der Waals surface area contributed by atoms with Crippen LogP contribution in [0, 0.1) is 5.92 Å². The number of carbonyl (C=O) groups is 2. The van der Waals surface area contributed by atoms with Crippen LogP contribution >= 0.6 is 23.2 Å². The Kier molecular flexibility index (Phi) is 5.02. The topological polar surface area (TPSA) is 62.3 Å². The van der Waals surface area contributed by atoms with Gasteiger partial charge in [0.15, 0.2) is 0 Å². The lowest BCUT2D eigenvalue weighted by Gasteiger charge is -2.16. The van der Waals surface area contributed by atoms with Crippen LogP contribution in [0.3, 0.4) is 0 Å². The molecule has 1 atom stereocenters. The second-order valence-electron chi connectivity index (χ2n) is 5.62. The van der Waals surface area contributed by atoms with Crippen LogP contribution in [-0.2, 0) is 16.1 Å². The van der Waals surface area contributed by atoms with Crippen molar-refractivity contribution in [1.82, 2.24) is 9.88 Å². The molecule has 2 amide bonds. The van der Waals surface area contributed by atoms with E-state index in [2.05, 4.69) is 10.3 Å². The Hall–Kier alpha value is -2.11. The predicted octanol–water partition coefficient (Wildman–Crippen LogP) is 3.38. The smallest absolute Gasteiger partial charge is 0.229 e. The Morgan fingerprint density at radius 3 is 2.75 bits per heavy atom. The van der Waals surface area contributed by atoms with Crippen molar-refractivity contribution in [2.75, 3.05) is 11.9 Å².